The van der Waals surface area contributed by atoms with Crippen LogP contribution < -0.4 is 5.73 Å². The number of carboxylic acids is 1. The van der Waals surface area contributed by atoms with Crippen LogP contribution in [0.2, 0.25) is 0 Å². The smallest absolute Gasteiger partial charge is 0.320 e. The van der Waals surface area contributed by atoms with E-state index in [0.29, 0.717) is 24.3 Å². The van der Waals surface area contributed by atoms with E-state index in [1.807, 2.05) is 5.38 Å². The first-order valence-electron chi connectivity index (χ1n) is 6.09. The fourth-order valence-corrected chi connectivity index (χ4v) is 3.11. The first kappa shape index (κ1) is 16.9. The minimum atomic E-state index is -0.969. The Morgan fingerprint density at radius 2 is 2.25 bits per heavy atom. The Morgan fingerprint density at radius 1 is 1.55 bits per heavy atom. The van der Waals surface area contributed by atoms with E-state index in [9.17, 15) is 9.59 Å². The lowest BCUT2D eigenvalue weighted by Crippen LogP contribution is -2.30. The molecule has 0 saturated carbocycles. The molecule has 1 aromatic heterocycles. The molecule has 1 heterocycles. The summed E-state index contributed by atoms with van der Waals surface area (Å²) in [4.78, 5) is 28.0. The van der Waals surface area contributed by atoms with Gasteiger partial charge in [-0.05, 0) is 12.2 Å². The van der Waals surface area contributed by atoms with E-state index in [2.05, 4.69) is 4.98 Å². The third-order valence-corrected chi connectivity index (χ3v) is 4.46. The van der Waals surface area contributed by atoms with Gasteiger partial charge < -0.3 is 15.7 Å². The van der Waals surface area contributed by atoms with Crippen LogP contribution in [0.15, 0.2) is 5.38 Å². The van der Waals surface area contributed by atoms with E-state index in [1.54, 1.807) is 30.8 Å². The first-order chi connectivity index (χ1) is 9.40. The topological polar surface area (TPSA) is 96.5 Å². The molecule has 3 N–H and O–H groups in total. The predicted octanol–water partition coefficient (Wildman–Crippen LogP) is 0.809. The third-order valence-electron chi connectivity index (χ3n) is 2.54. The van der Waals surface area contributed by atoms with Gasteiger partial charge in [-0.15, -0.1) is 11.3 Å². The van der Waals surface area contributed by atoms with Crippen LogP contribution in [0.1, 0.15) is 17.1 Å². The quantitative estimate of drug-likeness (QED) is 0.689. The second-order valence-electron chi connectivity index (χ2n) is 4.48. The summed E-state index contributed by atoms with van der Waals surface area (Å²) in [7, 11) is 3.44. The Labute approximate surface area is 126 Å². The molecule has 0 radical (unpaired) electrons. The number of carbonyl (C=O) groups is 2. The summed E-state index contributed by atoms with van der Waals surface area (Å²) in [6.07, 6.45) is 0.766. The van der Waals surface area contributed by atoms with Crippen LogP contribution in [-0.2, 0) is 21.8 Å². The number of likely N-dealkylation sites (N-methyl/N-ethyl adjacent to an activating group) is 1. The van der Waals surface area contributed by atoms with Crippen LogP contribution >= 0.6 is 23.1 Å². The molecule has 0 aromatic carbocycles. The van der Waals surface area contributed by atoms with E-state index in [-0.39, 0.29) is 5.91 Å². The van der Waals surface area contributed by atoms with Crippen molar-refractivity contribution in [2.45, 2.75) is 24.6 Å². The summed E-state index contributed by atoms with van der Waals surface area (Å²) in [6, 6.07) is -0.800. The molecule has 0 saturated heterocycles. The second-order valence-corrected chi connectivity index (χ2v) is 6.53. The summed E-state index contributed by atoms with van der Waals surface area (Å²) < 4.78 is 0. The standard InChI is InChI=1S/C12H19N3O3S2/c1-15(2)11(16)5-10-14-8(7-20-10)6-19-4-3-9(13)12(17)18/h7,9H,3-6,13H2,1-2H3,(H,17,18). The van der Waals surface area contributed by atoms with Crippen LogP contribution in [0.5, 0.6) is 0 Å². The summed E-state index contributed by atoms with van der Waals surface area (Å²) >= 11 is 3.07. The van der Waals surface area contributed by atoms with Crippen LogP contribution in [-0.4, -0.2) is 52.8 Å². The molecule has 1 unspecified atom stereocenters. The predicted molar refractivity (Wildman–Crippen MR) is 80.9 cm³/mol. The van der Waals surface area contributed by atoms with Gasteiger partial charge in [0.25, 0.3) is 0 Å². The Bertz CT molecular complexity index is 463. The number of thioether (sulfide) groups is 1. The molecular formula is C12H19N3O3S2. The number of nitrogens with two attached hydrogens (primary N) is 1. The zero-order chi connectivity index (χ0) is 15.1. The van der Waals surface area contributed by atoms with Crippen molar-refractivity contribution in [2.75, 3.05) is 19.8 Å². The molecule has 1 aromatic rings. The highest BCUT2D eigenvalue weighted by atomic mass is 32.2. The van der Waals surface area contributed by atoms with Crippen molar-refractivity contribution in [3.05, 3.63) is 16.1 Å². The van der Waals surface area contributed by atoms with Gasteiger partial charge in [-0.2, -0.15) is 11.8 Å². The molecule has 1 atom stereocenters. The number of hydrogen-bond donors (Lipinski definition) is 2. The van der Waals surface area contributed by atoms with Crippen molar-refractivity contribution < 1.29 is 14.7 Å². The van der Waals surface area contributed by atoms with Crippen LogP contribution in [0.25, 0.3) is 0 Å². The van der Waals surface area contributed by atoms with Crippen molar-refractivity contribution in [1.29, 1.82) is 0 Å². The Morgan fingerprint density at radius 3 is 2.85 bits per heavy atom. The fourth-order valence-electron chi connectivity index (χ4n) is 1.29. The van der Waals surface area contributed by atoms with Gasteiger partial charge in [0.05, 0.1) is 12.1 Å². The molecule has 0 spiro atoms. The Kier molecular flexibility index (Phi) is 6.97. The number of aromatic nitrogens is 1. The first-order valence-corrected chi connectivity index (χ1v) is 8.13. The minimum absolute atomic E-state index is 0.0333. The van der Waals surface area contributed by atoms with Gasteiger partial charge in [0.15, 0.2) is 0 Å². The van der Waals surface area contributed by atoms with Gasteiger partial charge in [0.1, 0.15) is 11.0 Å². The third kappa shape index (κ3) is 5.89. The average molecular weight is 317 g/mol. The van der Waals surface area contributed by atoms with Gasteiger partial charge in [0, 0.05) is 25.2 Å². The number of carboxylic acid groups (broad SMARTS) is 1. The normalized spacial score (nSPS) is 12.2. The number of amides is 1. The van der Waals surface area contributed by atoms with Crippen molar-refractivity contribution in [2.24, 2.45) is 5.73 Å². The van der Waals surface area contributed by atoms with Gasteiger partial charge in [-0.3, -0.25) is 9.59 Å². The molecule has 6 nitrogen and oxygen atoms in total. The number of aliphatic carboxylic acids is 1. The summed E-state index contributed by atoms with van der Waals surface area (Å²) in [5, 5.41) is 11.4. The minimum Gasteiger partial charge on any atom is -0.480 e. The van der Waals surface area contributed by atoms with E-state index < -0.39 is 12.0 Å². The summed E-state index contributed by atoms with van der Waals surface area (Å²) in [5.41, 5.74) is 6.34. The number of hydrogen-bond acceptors (Lipinski definition) is 6. The largest absolute Gasteiger partial charge is 0.480 e. The maximum Gasteiger partial charge on any atom is 0.320 e. The molecule has 0 aliphatic carbocycles. The van der Waals surface area contributed by atoms with Crippen LogP contribution in [0.3, 0.4) is 0 Å². The molecule has 112 valence electrons. The van der Waals surface area contributed by atoms with Crippen LogP contribution in [0, 0.1) is 0 Å². The average Bonchev–Trinajstić information content (AvgIpc) is 2.81. The molecule has 0 aliphatic rings. The Balaban J connectivity index is 2.30. The van der Waals surface area contributed by atoms with E-state index >= 15 is 0 Å². The molecule has 8 heteroatoms. The molecule has 1 amide bonds. The monoisotopic (exact) mass is 317 g/mol. The zero-order valence-electron chi connectivity index (χ0n) is 11.5. The zero-order valence-corrected chi connectivity index (χ0v) is 13.2. The maximum atomic E-state index is 11.5. The van der Waals surface area contributed by atoms with Crippen molar-refractivity contribution in [1.82, 2.24) is 9.88 Å². The molecule has 0 fully saturated rings. The van der Waals surface area contributed by atoms with E-state index in [1.165, 1.54) is 11.3 Å². The fraction of sp³-hybridized carbons (Fsp3) is 0.583. The number of nitrogens with zero attached hydrogens (tertiary/aromatic N) is 2. The molecule has 1 rings (SSSR count). The highest BCUT2D eigenvalue weighted by Crippen LogP contribution is 2.17. The molecule has 20 heavy (non-hydrogen) atoms. The van der Waals surface area contributed by atoms with Gasteiger partial charge in [0.2, 0.25) is 5.91 Å². The second kappa shape index (κ2) is 8.23. The van der Waals surface area contributed by atoms with Gasteiger partial charge >= 0.3 is 5.97 Å². The van der Waals surface area contributed by atoms with E-state index in [4.69, 9.17) is 10.8 Å². The lowest BCUT2D eigenvalue weighted by atomic mass is 10.2. The van der Waals surface area contributed by atoms with Gasteiger partial charge in [-0.1, -0.05) is 0 Å². The lowest BCUT2D eigenvalue weighted by Gasteiger charge is -2.07. The molecule has 0 aliphatic heterocycles. The Hall–Kier alpha value is -1.12. The SMILES string of the molecule is CN(C)C(=O)Cc1nc(CSCCC(N)C(=O)O)cs1. The van der Waals surface area contributed by atoms with Crippen molar-refractivity contribution in [3.8, 4) is 0 Å². The van der Waals surface area contributed by atoms with Crippen molar-refractivity contribution in [3.63, 3.8) is 0 Å². The number of thiazole rings is 1. The molecular weight excluding hydrogens is 298 g/mol. The lowest BCUT2D eigenvalue weighted by molar-refractivity contribution is -0.138. The summed E-state index contributed by atoms with van der Waals surface area (Å²) in [5.74, 6) is 0.449. The highest BCUT2D eigenvalue weighted by molar-refractivity contribution is 7.98. The highest BCUT2D eigenvalue weighted by Gasteiger charge is 2.12. The maximum absolute atomic E-state index is 11.5. The number of rotatable bonds is 8. The van der Waals surface area contributed by atoms with Crippen LogP contribution in [0.4, 0.5) is 0 Å². The van der Waals surface area contributed by atoms with Gasteiger partial charge in [-0.25, -0.2) is 4.98 Å². The summed E-state index contributed by atoms with van der Waals surface area (Å²) in [6.45, 7) is 0. The van der Waals surface area contributed by atoms with E-state index in [0.717, 1.165) is 10.7 Å². The molecule has 0 bridgehead atoms. The number of carbonyl (C=O) groups excluding carboxylic acids is 1. The van der Waals surface area contributed by atoms with Crippen molar-refractivity contribution >= 4 is 35.0 Å².